The molecule has 3 N–H and O–H groups in total. The maximum Gasteiger partial charge on any atom is 0.323 e. The van der Waals surface area contributed by atoms with Crippen LogP contribution in [0.5, 0.6) is 0 Å². The lowest BCUT2D eigenvalue weighted by Gasteiger charge is -2.17. The van der Waals surface area contributed by atoms with E-state index in [0.29, 0.717) is 11.9 Å². The van der Waals surface area contributed by atoms with E-state index in [-0.39, 0.29) is 11.6 Å². The summed E-state index contributed by atoms with van der Waals surface area (Å²) in [7, 11) is 3.61. The molecule has 0 aliphatic carbocycles. The first-order valence-corrected chi connectivity index (χ1v) is 6.25. The molecular weight excluding hydrogens is 244 g/mol. The zero-order valence-electron chi connectivity index (χ0n) is 11.1. The summed E-state index contributed by atoms with van der Waals surface area (Å²) in [4.78, 5) is 30.1. The summed E-state index contributed by atoms with van der Waals surface area (Å²) in [6.45, 7) is 0.823. The third kappa shape index (κ3) is 3.03. The largest absolute Gasteiger partial charge is 0.323 e. The minimum absolute atomic E-state index is 0.0625. The number of anilines is 1. The van der Waals surface area contributed by atoms with Crippen LogP contribution in [0.2, 0.25) is 0 Å². The molecular formula is C13H18N4O2. The Kier molecular flexibility index (Phi) is 4.01. The lowest BCUT2D eigenvalue weighted by Crippen LogP contribution is -2.26. The van der Waals surface area contributed by atoms with Gasteiger partial charge in [0.25, 0.3) is 0 Å². The van der Waals surface area contributed by atoms with Crippen molar-refractivity contribution in [1.82, 2.24) is 15.3 Å². The van der Waals surface area contributed by atoms with Gasteiger partial charge in [-0.1, -0.05) is 0 Å². The molecule has 0 saturated carbocycles. The number of amides is 1. The molecule has 1 aromatic heterocycles. The number of hydrogen-bond donors (Lipinski definition) is 3. The molecule has 6 nitrogen and oxygen atoms in total. The van der Waals surface area contributed by atoms with Crippen molar-refractivity contribution in [3.8, 4) is 0 Å². The highest BCUT2D eigenvalue weighted by Gasteiger charge is 2.11. The molecule has 1 aromatic carbocycles. The Morgan fingerprint density at radius 2 is 2.05 bits per heavy atom. The fourth-order valence-electron chi connectivity index (χ4n) is 1.96. The molecule has 19 heavy (non-hydrogen) atoms. The molecule has 0 bridgehead atoms. The molecule has 6 heteroatoms. The zero-order valence-corrected chi connectivity index (χ0v) is 11.1. The third-order valence-electron chi connectivity index (χ3n) is 3.08. The summed E-state index contributed by atoms with van der Waals surface area (Å²) in [6.07, 6.45) is 1.31. The molecule has 1 amide bonds. The van der Waals surface area contributed by atoms with E-state index in [1.807, 2.05) is 13.1 Å². The van der Waals surface area contributed by atoms with Crippen molar-refractivity contribution in [2.75, 3.05) is 25.5 Å². The quantitative estimate of drug-likeness (QED) is 0.698. The molecule has 0 aliphatic heterocycles. The molecule has 0 unspecified atom stereocenters. The van der Waals surface area contributed by atoms with Crippen LogP contribution in [0.25, 0.3) is 11.0 Å². The lowest BCUT2D eigenvalue weighted by atomic mass is 10.2. The smallest absolute Gasteiger partial charge is 0.320 e. The number of carbonyl (C=O) groups excluding carboxylic acids is 1. The molecule has 0 aliphatic rings. The zero-order chi connectivity index (χ0) is 13.8. The molecule has 1 heterocycles. The van der Waals surface area contributed by atoms with Gasteiger partial charge in [0, 0.05) is 19.2 Å². The number of fused-ring (bicyclic) bond motifs is 1. The normalized spacial score (nSPS) is 10.8. The van der Waals surface area contributed by atoms with E-state index in [1.54, 1.807) is 24.1 Å². The number of imidazole rings is 1. The van der Waals surface area contributed by atoms with E-state index in [0.717, 1.165) is 24.2 Å². The Labute approximate surface area is 110 Å². The van der Waals surface area contributed by atoms with E-state index in [2.05, 4.69) is 15.3 Å². The predicted octanol–water partition coefficient (Wildman–Crippen LogP) is 0.819. The molecule has 0 spiro atoms. The van der Waals surface area contributed by atoms with Crippen molar-refractivity contribution in [3.05, 3.63) is 28.7 Å². The molecule has 2 rings (SSSR count). The second-order valence-corrected chi connectivity index (χ2v) is 4.47. The standard InChI is InChI=1S/C13H18N4O2/c1-14-7-3-4-12(18)17(2)9-5-6-10-11(8-9)16-13(19)15-10/h5-6,8,14H,3-4,7H2,1-2H3,(H2,15,16,19). The summed E-state index contributed by atoms with van der Waals surface area (Å²) in [5, 5.41) is 3.01. The van der Waals surface area contributed by atoms with Gasteiger partial charge in [-0.05, 0) is 38.2 Å². The average molecular weight is 262 g/mol. The topological polar surface area (TPSA) is 81.0 Å². The summed E-state index contributed by atoms with van der Waals surface area (Å²) in [6, 6.07) is 5.41. The monoisotopic (exact) mass is 262 g/mol. The molecule has 0 fully saturated rings. The number of nitrogens with zero attached hydrogens (tertiary/aromatic N) is 1. The Morgan fingerprint density at radius 3 is 2.79 bits per heavy atom. The van der Waals surface area contributed by atoms with Crippen LogP contribution in [0.15, 0.2) is 23.0 Å². The average Bonchev–Trinajstić information content (AvgIpc) is 2.77. The first-order chi connectivity index (χ1) is 9.11. The lowest BCUT2D eigenvalue weighted by molar-refractivity contribution is -0.118. The van der Waals surface area contributed by atoms with Gasteiger partial charge in [-0.15, -0.1) is 0 Å². The highest BCUT2D eigenvalue weighted by Crippen LogP contribution is 2.18. The summed E-state index contributed by atoms with van der Waals surface area (Å²) in [5.41, 5.74) is 1.98. The predicted molar refractivity (Wildman–Crippen MR) is 75.5 cm³/mol. The van der Waals surface area contributed by atoms with Gasteiger partial charge in [-0.2, -0.15) is 0 Å². The van der Waals surface area contributed by atoms with E-state index in [4.69, 9.17) is 0 Å². The number of nitrogens with one attached hydrogen (secondary N) is 3. The third-order valence-corrected chi connectivity index (χ3v) is 3.08. The van der Waals surface area contributed by atoms with E-state index >= 15 is 0 Å². The Bertz CT molecular complexity index is 629. The minimum atomic E-state index is -0.241. The summed E-state index contributed by atoms with van der Waals surface area (Å²) >= 11 is 0. The second kappa shape index (κ2) is 5.71. The number of rotatable bonds is 5. The van der Waals surface area contributed by atoms with Crippen molar-refractivity contribution >= 4 is 22.6 Å². The van der Waals surface area contributed by atoms with Gasteiger partial charge in [-0.25, -0.2) is 4.79 Å². The first kappa shape index (κ1) is 13.4. The Morgan fingerprint density at radius 1 is 1.32 bits per heavy atom. The van der Waals surface area contributed by atoms with Crippen LogP contribution in [0.4, 0.5) is 5.69 Å². The van der Waals surface area contributed by atoms with Gasteiger partial charge >= 0.3 is 5.69 Å². The van der Waals surface area contributed by atoms with Crippen molar-refractivity contribution < 1.29 is 4.79 Å². The first-order valence-electron chi connectivity index (χ1n) is 6.25. The number of carbonyl (C=O) groups is 1. The molecule has 0 saturated heterocycles. The van der Waals surface area contributed by atoms with Crippen molar-refractivity contribution in [2.24, 2.45) is 0 Å². The number of aromatic amines is 2. The minimum Gasteiger partial charge on any atom is -0.320 e. The molecule has 0 radical (unpaired) electrons. The SMILES string of the molecule is CNCCCC(=O)N(C)c1ccc2[nH]c(=O)[nH]c2c1. The number of H-pyrrole nitrogens is 2. The van der Waals surface area contributed by atoms with Gasteiger partial charge in [0.05, 0.1) is 11.0 Å². The fraction of sp³-hybridized carbons (Fsp3) is 0.385. The second-order valence-electron chi connectivity index (χ2n) is 4.47. The molecule has 0 atom stereocenters. The number of benzene rings is 1. The highest BCUT2D eigenvalue weighted by atomic mass is 16.2. The Balaban J connectivity index is 2.13. The van der Waals surface area contributed by atoms with Crippen molar-refractivity contribution in [3.63, 3.8) is 0 Å². The fourth-order valence-corrected chi connectivity index (χ4v) is 1.96. The van der Waals surface area contributed by atoms with Crippen LogP contribution in [0, 0.1) is 0 Å². The van der Waals surface area contributed by atoms with Crippen LogP contribution in [0.1, 0.15) is 12.8 Å². The van der Waals surface area contributed by atoms with Crippen LogP contribution in [0.3, 0.4) is 0 Å². The van der Waals surface area contributed by atoms with Gasteiger partial charge in [0.1, 0.15) is 0 Å². The number of aromatic nitrogens is 2. The summed E-state index contributed by atoms with van der Waals surface area (Å²) < 4.78 is 0. The van der Waals surface area contributed by atoms with Crippen LogP contribution < -0.4 is 15.9 Å². The van der Waals surface area contributed by atoms with Gasteiger partial charge in [-0.3, -0.25) is 4.79 Å². The van der Waals surface area contributed by atoms with Crippen molar-refractivity contribution in [1.29, 1.82) is 0 Å². The summed E-state index contributed by atoms with van der Waals surface area (Å²) in [5.74, 6) is 0.0625. The highest BCUT2D eigenvalue weighted by molar-refractivity contribution is 5.94. The Hall–Kier alpha value is -2.08. The van der Waals surface area contributed by atoms with E-state index in [9.17, 15) is 9.59 Å². The van der Waals surface area contributed by atoms with E-state index in [1.165, 1.54) is 0 Å². The van der Waals surface area contributed by atoms with Crippen LogP contribution in [-0.4, -0.2) is 36.5 Å². The molecule has 102 valence electrons. The van der Waals surface area contributed by atoms with Crippen LogP contribution in [-0.2, 0) is 4.79 Å². The molecule has 2 aromatic rings. The van der Waals surface area contributed by atoms with Gasteiger partial charge < -0.3 is 20.2 Å². The van der Waals surface area contributed by atoms with Crippen molar-refractivity contribution in [2.45, 2.75) is 12.8 Å². The van der Waals surface area contributed by atoms with Gasteiger partial charge in [0.15, 0.2) is 0 Å². The maximum absolute atomic E-state index is 12.0. The van der Waals surface area contributed by atoms with Crippen LogP contribution >= 0.6 is 0 Å². The van der Waals surface area contributed by atoms with Gasteiger partial charge in [0.2, 0.25) is 5.91 Å². The maximum atomic E-state index is 12.0. The number of hydrogen-bond acceptors (Lipinski definition) is 3. The van der Waals surface area contributed by atoms with E-state index < -0.39 is 0 Å².